The average Bonchev–Trinajstić information content (AvgIpc) is 2.33. The molecule has 0 spiro atoms. The number of carbonyl (C=O) groups is 3. The van der Waals surface area contributed by atoms with Crippen molar-refractivity contribution in [1.82, 2.24) is 10.6 Å². The first-order valence-electron chi connectivity index (χ1n) is 6.51. The highest BCUT2D eigenvalue weighted by molar-refractivity contribution is 5.84. The molecule has 0 aliphatic heterocycles. The molecule has 0 aliphatic carbocycles. The Labute approximate surface area is 120 Å². The Kier molecular flexibility index (Phi) is 8.41. The summed E-state index contributed by atoms with van der Waals surface area (Å²) in [4.78, 5) is 33.2. The molecule has 0 aliphatic rings. The van der Waals surface area contributed by atoms with Crippen LogP contribution in [0.4, 0.5) is 13.2 Å². The molecule has 6 nitrogen and oxygen atoms in total. The van der Waals surface area contributed by atoms with Crippen molar-refractivity contribution in [1.29, 1.82) is 0 Å². The van der Waals surface area contributed by atoms with E-state index in [2.05, 4.69) is 5.32 Å². The van der Waals surface area contributed by atoms with Crippen LogP contribution in [0.15, 0.2) is 0 Å². The third-order valence-electron chi connectivity index (χ3n) is 2.45. The van der Waals surface area contributed by atoms with Crippen LogP contribution in [0, 0.1) is 0 Å². The summed E-state index contributed by atoms with van der Waals surface area (Å²) in [5.41, 5.74) is 0. The highest BCUT2D eigenvalue weighted by Crippen LogP contribution is 2.21. The first kappa shape index (κ1) is 19.2. The van der Waals surface area contributed by atoms with Gasteiger partial charge in [0.25, 0.3) is 0 Å². The molecule has 0 fully saturated rings. The van der Waals surface area contributed by atoms with E-state index in [9.17, 15) is 27.6 Å². The number of alkyl halides is 3. The largest absolute Gasteiger partial charge is 0.480 e. The zero-order valence-electron chi connectivity index (χ0n) is 11.6. The summed E-state index contributed by atoms with van der Waals surface area (Å²) in [6.45, 7) is 2.39. The van der Waals surface area contributed by atoms with Gasteiger partial charge in [0.15, 0.2) is 0 Å². The molecule has 2 amide bonds. The maximum atomic E-state index is 12.1. The fourth-order valence-corrected chi connectivity index (χ4v) is 1.46. The van der Waals surface area contributed by atoms with Gasteiger partial charge in [0, 0.05) is 19.4 Å². The third kappa shape index (κ3) is 10.6. The van der Waals surface area contributed by atoms with Gasteiger partial charge in [-0.25, -0.2) is 4.79 Å². The lowest BCUT2D eigenvalue weighted by molar-refractivity contribution is -0.160. The Balaban J connectivity index is 4.10. The lowest BCUT2D eigenvalue weighted by Crippen LogP contribution is -2.43. The highest BCUT2D eigenvalue weighted by atomic mass is 19.4. The molecular weight excluding hydrogens is 293 g/mol. The maximum Gasteiger partial charge on any atom is 0.391 e. The molecule has 9 heteroatoms. The summed E-state index contributed by atoms with van der Waals surface area (Å²) in [6, 6.07) is -2.01. The second-order valence-corrected chi connectivity index (χ2v) is 4.48. The fraction of sp³-hybridized carbons (Fsp3) is 0.750. The van der Waals surface area contributed by atoms with Crippen LogP contribution in [-0.4, -0.2) is 41.7 Å². The summed E-state index contributed by atoms with van der Waals surface area (Å²) >= 11 is 0. The predicted octanol–water partition coefficient (Wildman–Crippen LogP) is 1.20. The molecule has 0 aromatic rings. The minimum absolute atomic E-state index is 0.0599. The van der Waals surface area contributed by atoms with Gasteiger partial charge in [-0.3, -0.25) is 9.59 Å². The Morgan fingerprint density at radius 1 is 1.14 bits per heavy atom. The first-order chi connectivity index (χ1) is 9.65. The number of carboxylic acid groups (broad SMARTS) is 1. The van der Waals surface area contributed by atoms with Gasteiger partial charge in [-0.05, 0) is 12.8 Å². The van der Waals surface area contributed by atoms with Crippen molar-refractivity contribution in [3.8, 4) is 0 Å². The van der Waals surface area contributed by atoms with Gasteiger partial charge in [-0.15, -0.1) is 0 Å². The minimum atomic E-state index is -4.68. The molecule has 122 valence electrons. The molecule has 1 atom stereocenters. The van der Waals surface area contributed by atoms with Crippen molar-refractivity contribution in [2.75, 3.05) is 6.54 Å². The summed E-state index contributed by atoms with van der Waals surface area (Å²) in [7, 11) is 0. The first-order valence-corrected chi connectivity index (χ1v) is 6.51. The second-order valence-electron chi connectivity index (χ2n) is 4.48. The maximum absolute atomic E-state index is 12.1. The summed E-state index contributed by atoms with van der Waals surface area (Å²) < 4.78 is 36.4. The lowest BCUT2D eigenvalue weighted by atomic mass is 10.1. The topological polar surface area (TPSA) is 95.5 Å². The van der Waals surface area contributed by atoms with Crippen molar-refractivity contribution in [2.24, 2.45) is 0 Å². The van der Waals surface area contributed by atoms with Gasteiger partial charge >= 0.3 is 12.1 Å². The van der Waals surface area contributed by atoms with Crippen molar-refractivity contribution in [3.63, 3.8) is 0 Å². The molecule has 0 rings (SSSR count). The number of halogens is 3. The van der Waals surface area contributed by atoms with Gasteiger partial charge in [0.2, 0.25) is 11.8 Å². The lowest BCUT2D eigenvalue weighted by Gasteiger charge is -2.16. The zero-order chi connectivity index (χ0) is 16.5. The number of carboxylic acids is 1. The molecule has 0 aromatic carbocycles. The number of nitrogens with one attached hydrogen (secondary N) is 2. The van der Waals surface area contributed by atoms with Gasteiger partial charge in [0.1, 0.15) is 6.04 Å². The normalized spacial score (nSPS) is 12.6. The van der Waals surface area contributed by atoms with Crippen LogP contribution < -0.4 is 10.6 Å². The van der Waals surface area contributed by atoms with Gasteiger partial charge < -0.3 is 15.7 Å². The summed E-state index contributed by atoms with van der Waals surface area (Å²) in [5.74, 6) is -2.83. The van der Waals surface area contributed by atoms with Crippen LogP contribution in [0.25, 0.3) is 0 Å². The molecule has 0 bridgehead atoms. The molecule has 21 heavy (non-hydrogen) atoms. The minimum Gasteiger partial charge on any atom is -0.480 e. The molecular formula is C12H19F3N2O4. The van der Waals surface area contributed by atoms with Crippen molar-refractivity contribution >= 4 is 17.8 Å². The van der Waals surface area contributed by atoms with Crippen LogP contribution in [0.1, 0.15) is 39.0 Å². The Morgan fingerprint density at radius 3 is 2.19 bits per heavy atom. The standard InChI is InChI=1S/C12H19F3N2O4/c1-2-6-16-9(18)4-3-5-10(19)17-8(11(20)21)7-12(13,14)15/h8H,2-7H2,1H3,(H,16,18)(H,17,19)(H,20,21). The SMILES string of the molecule is CCCNC(=O)CCCC(=O)NC(CC(F)(F)F)C(=O)O. The molecule has 0 radical (unpaired) electrons. The summed E-state index contributed by atoms with van der Waals surface area (Å²) in [5, 5.41) is 13.0. The van der Waals surface area contributed by atoms with Crippen LogP contribution >= 0.6 is 0 Å². The van der Waals surface area contributed by atoms with E-state index in [0.717, 1.165) is 6.42 Å². The number of hydrogen-bond donors (Lipinski definition) is 3. The van der Waals surface area contributed by atoms with Crippen LogP contribution in [0.5, 0.6) is 0 Å². The number of amides is 2. The van der Waals surface area contributed by atoms with Gasteiger partial charge in [0.05, 0.1) is 6.42 Å². The van der Waals surface area contributed by atoms with Gasteiger partial charge in [-0.2, -0.15) is 13.2 Å². The smallest absolute Gasteiger partial charge is 0.391 e. The molecule has 1 unspecified atom stereocenters. The van der Waals surface area contributed by atoms with E-state index in [0.29, 0.717) is 6.54 Å². The van der Waals surface area contributed by atoms with E-state index in [1.54, 1.807) is 5.32 Å². The van der Waals surface area contributed by atoms with Crippen molar-refractivity contribution in [3.05, 3.63) is 0 Å². The third-order valence-corrected chi connectivity index (χ3v) is 2.45. The predicted molar refractivity (Wildman–Crippen MR) is 67.4 cm³/mol. The Bertz CT molecular complexity index is 372. The van der Waals surface area contributed by atoms with E-state index in [4.69, 9.17) is 5.11 Å². The van der Waals surface area contributed by atoms with Crippen LogP contribution in [0.3, 0.4) is 0 Å². The van der Waals surface area contributed by atoms with E-state index in [-0.39, 0.29) is 25.2 Å². The molecule has 3 N–H and O–H groups in total. The molecule has 0 saturated carbocycles. The molecule has 0 aromatic heterocycles. The molecule has 0 heterocycles. The van der Waals surface area contributed by atoms with E-state index >= 15 is 0 Å². The summed E-state index contributed by atoms with van der Waals surface area (Å²) in [6.07, 6.45) is -5.56. The van der Waals surface area contributed by atoms with Crippen molar-refractivity contribution < 1.29 is 32.7 Å². The van der Waals surface area contributed by atoms with E-state index < -0.39 is 30.5 Å². The van der Waals surface area contributed by atoms with Crippen LogP contribution in [-0.2, 0) is 14.4 Å². The van der Waals surface area contributed by atoms with E-state index in [1.165, 1.54) is 0 Å². The number of rotatable bonds is 9. The second kappa shape index (κ2) is 9.19. The van der Waals surface area contributed by atoms with E-state index in [1.807, 2.05) is 6.92 Å². The van der Waals surface area contributed by atoms with Crippen molar-refractivity contribution in [2.45, 2.75) is 51.2 Å². The van der Waals surface area contributed by atoms with Crippen LogP contribution in [0.2, 0.25) is 0 Å². The molecule has 0 saturated heterocycles. The average molecular weight is 312 g/mol. The number of carbonyl (C=O) groups excluding carboxylic acids is 2. The highest BCUT2D eigenvalue weighted by Gasteiger charge is 2.36. The fourth-order valence-electron chi connectivity index (χ4n) is 1.46. The Morgan fingerprint density at radius 2 is 1.71 bits per heavy atom. The monoisotopic (exact) mass is 312 g/mol. The Hall–Kier alpha value is -1.80. The number of aliphatic carboxylic acids is 1. The zero-order valence-corrected chi connectivity index (χ0v) is 11.6. The quantitative estimate of drug-likeness (QED) is 0.596. The van der Waals surface area contributed by atoms with Gasteiger partial charge in [-0.1, -0.05) is 6.92 Å². The number of hydrogen-bond acceptors (Lipinski definition) is 3.